The van der Waals surface area contributed by atoms with Crippen LogP contribution in [0.3, 0.4) is 0 Å². The molecule has 0 heterocycles. The van der Waals surface area contributed by atoms with E-state index in [4.69, 9.17) is 0 Å². The topological polar surface area (TPSA) is 13.0 Å². The first-order valence-electron chi connectivity index (χ1n) is 24.8. The van der Waals surface area contributed by atoms with Gasteiger partial charge in [-0.05, 0) is 162 Å². The summed E-state index contributed by atoms with van der Waals surface area (Å²) in [4.78, 5) is 9.46. The number of rotatable bonds is 13. The Morgan fingerprint density at radius 2 is 0.569 bits per heavy atom. The molecule has 0 unspecified atom stereocenters. The van der Waals surface area contributed by atoms with E-state index in [-0.39, 0.29) is 0 Å². The minimum atomic E-state index is 0.991. The summed E-state index contributed by atoms with van der Waals surface area (Å²) in [6.07, 6.45) is 8.69. The predicted octanol–water partition coefficient (Wildman–Crippen LogP) is 19.4. The standard InChI is InChI=1S/C68H52N4/c1-5-23-55(24-6-1)69(56-25-7-2-8-26-56)59-43-47-63(48-44-59)71(67-33-17-21-53-19-13-15-31-65(53)67)61-39-35-51(36-40-61)52-37-41-62(42-38-52)72(68-34-18-22-54-20-14-16-32-66(54)68)64-49-45-60(46-50-64)70(57-27-9-3-10-28-57)58-29-11-4-12-30-58/h1-11,13-29,31-50H,12,30H2. The van der Waals surface area contributed by atoms with Crippen LogP contribution in [0.1, 0.15) is 12.8 Å². The van der Waals surface area contributed by atoms with E-state index in [1.54, 1.807) is 0 Å². The van der Waals surface area contributed by atoms with Crippen LogP contribution in [0.5, 0.6) is 0 Å². The average Bonchev–Trinajstić information content (AvgIpc) is 3.46. The molecule has 0 amide bonds. The smallest absolute Gasteiger partial charge is 0.0540 e. The van der Waals surface area contributed by atoms with E-state index in [2.05, 4.69) is 311 Å². The van der Waals surface area contributed by atoms with Gasteiger partial charge in [-0.2, -0.15) is 0 Å². The Morgan fingerprint density at radius 1 is 0.250 bits per heavy atom. The Hall–Kier alpha value is -9.38. The highest BCUT2D eigenvalue weighted by atomic mass is 15.2. The van der Waals surface area contributed by atoms with Gasteiger partial charge in [-0.3, -0.25) is 0 Å². The molecule has 0 fully saturated rings. The second-order valence-electron chi connectivity index (χ2n) is 18.1. The molecule has 0 spiro atoms. The maximum Gasteiger partial charge on any atom is 0.0540 e. The molecule has 12 rings (SSSR count). The van der Waals surface area contributed by atoms with Crippen molar-refractivity contribution in [3.05, 3.63) is 297 Å². The Kier molecular flexibility index (Phi) is 12.1. The van der Waals surface area contributed by atoms with Crippen LogP contribution in [0.2, 0.25) is 0 Å². The van der Waals surface area contributed by atoms with E-state index >= 15 is 0 Å². The van der Waals surface area contributed by atoms with Gasteiger partial charge in [0.25, 0.3) is 0 Å². The number of allylic oxidation sites excluding steroid dienone is 4. The summed E-state index contributed by atoms with van der Waals surface area (Å²) >= 11 is 0. The van der Waals surface area contributed by atoms with E-state index in [9.17, 15) is 0 Å². The monoisotopic (exact) mass is 924 g/mol. The molecule has 4 heteroatoms. The maximum atomic E-state index is 2.39. The Balaban J connectivity index is 0.889. The number of hydrogen-bond donors (Lipinski definition) is 0. The highest BCUT2D eigenvalue weighted by molar-refractivity contribution is 6.00. The van der Waals surface area contributed by atoms with Crippen molar-refractivity contribution in [1.82, 2.24) is 0 Å². The average molecular weight is 925 g/mol. The van der Waals surface area contributed by atoms with Crippen LogP contribution >= 0.6 is 0 Å². The lowest BCUT2D eigenvalue weighted by molar-refractivity contribution is 0.917. The summed E-state index contributed by atoms with van der Waals surface area (Å²) in [5.41, 5.74) is 15.8. The molecule has 0 aromatic heterocycles. The first-order chi connectivity index (χ1) is 35.7. The zero-order chi connectivity index (χ0) is 48.1. The SMILES string of the molecule is C1=CCCC(N(c2ccccc2)c2ccc(N(c3ccc(-c4ccc(N(c5ccc(N(c6ccccc6)c6ccccc6)cc5)c5cccc6ccccc56)cc4)cc3)c3cccc4ccccc34)cc2)=C1. The van der Waals surface area contributed by atoms with Crippen LogP contribution in [-0.2, 0) is 0 Å². The summed E-state index contributed by atoms with van der Waals surface area (Å²) in [6.45, 7) is 0. The minimum absolute atomic E-state index is 0.991. The summed E-state index contributed by atoms with van der Waals surface area (Å²) in [6, 6.07) is 98.3. The van der Waals surface area contributed by atoms with Crippen LogP contribution in [-0.4, -0.2) is 0 Å². The molecular weight excluding hydrogens is 873 g/mol. The molecule has 0 bridgehead atoms. The van der Waals surface area contributed by atoms with Gasteiger partial charge in [-0.15, -0.1) is 0 Å². The van der Waals surface area contributed by atoms with Crippen molar-refractivity contribution < 1.29 is 0 Å². The first kappa shape index (κ1) is 43.9. The number of nitrogens with zero attached hydrogens (tertiary/aromatic N) is 4. The Morgan fingerprint density at radius 3 is 0.972 bits per heavy atom. The third kappa shape index (κ3) is 8.78. The van der Waals surface area contributed by atoms with Gasteiger partial charge in [-0.25, -0.2) is 0 Å². The molecule has 11 aromatic rings. The number of hydrogen-bond acceptors (Lipinski definition) is 4. The van der Waals surface area contributed by atoms with Gasteiger partial charge in [0.15, 0.2) is 0 Å². The lowest BCUT2D eigenvalue weighted by Gasteiger charge is -2.30. The Labute approximate surface area is 422 Å². The normalized spacial score (nSPS) is 12.1. The fourth-order valence-corrected chi connectivity index (χ4v) is 10.2. The molecule has 344 valence electrons. The highest BCUT2D eigenvalue weighted by Crippen LogP contribution is 2.44. The van der Waals surface area contributed by atoms with Gasteiger partial charge < -0.3 is 19.6 Å². The van der Waals surface area contributed by atoms with Crippen LogP contribution in [0, 0.1) is 0 Å². The van der Waals surface area contributed by atoms with Crippen molar-refractivity contribution in [1.29, 1.82) is 0 Å². The van der Waals surface area contributed by atoms with E-state index in [1.165, 1.54) is 27.2 Å². The zero-order valence-corrected chi connectivity index (χ0v) is 39.9. The molecule has 0 saturated carbocycles. The number of fused-ring (bicyclic) bond motifs is 2. The summed E-state index contributed by atoms with van der Waals surface area (Å²) in [7, 11) is 0. The van der Waals surface area contributed by atoms with Crippen molar-refractivity contribution in [2.24, 2.45) is 0 Å². The van der Waals surface area contributed by atoms with E-state index in [1.807, 2.05) is 0 Å². The van der Waals surface area contributed by atoms with Crippen LogP contribution < -0.4 is 19.6 Å². The molecule has 0 aliphatic heterocycles. The minimum Gasteiger partial charge on any atom is -0.314 e. The molecule has 0 radical (unpaired) electrons. The first-order valence-corrected chi connectivity index (χ1v) is 24.8. The lowest BCUT2D eigenvalue weighted by atomic mass is 10.0. The molecule has 11 aromatic carbocycles. The van der Waals surface area contributed by atoms with Gasteiger partial charge >= 0.3 is 0 Å². The van der Waals surface area contributed by atoms with E-state index in [0.29, 0.717) is 0 Å². The molecule has 1 aliphatic carbocycles. The van der Waals surface area contributed by atoms with Gasteiger partial charge in [0.1, 0.15) is 0 Å². The third-order valence-electron chi connectivity index (χ3n) is 13.7. The number of anilines is 11. The van der Waals surface area contributed by atoms with E-state index in [0.717, 1.165) is 86.5 Å². The zero-order valence-electron chi connectivity index (χ0n) is 39.9. The molecule has 0 N–H and O–H groups in total. The predicted molar refractivity (Wildman–Crippen MR) is 306 cm³/mol. The summed E-state index contributed by atoms with van der Waals surface area (Å²) < 4.78 is 0. The van der Waals surface area contributed by atoms with E-state index < -0.39 is 0 Å². The third-order valence-corrected chi connectivity index (χ3v) is 13.7. The van der Waals surface area contributed by atoms with Gasteiger partial charge in [0.2, 0.25) is 0 Å². The van der Waals surface area contributed by atoms with Gasteiger partial charge in [0.05, 0.1) is 11.4 Å². The molecule has 0 saturated heterocycles. The fraction of sp³-hybridized carbons (Fsp3) is 0.0294. The fourth-order valence-electron chi connectivity index (χ4n) is 10.2. The second kappa shape index (κ2) is 19.9. The largest absolute Gasteiger partial charge is 0.314 e. The second-order valence-corrected chi connectivity index (χ2v) is 18.1. The van der Waals surface area contributed by atoms with Crippen molar-refractivity contribution in [3.8, 4) is 11.1 Å². The van der Waals surface area contributed by atoms with Crippen LogP contribution in [0.15, 0.2) is 297 Å². The Bertz CT molecular complexity index is 3610. The molecule has 72 heavy (non-hydrogen) atoms. The molecule has 1 aliphatic rings. The quantitative estimate of drug-likeness (QED) is 0.114. The maximum absolute atomic E-state index is 2.39. The summed E-state index contributed by atoms with van der Waals surface area (Å²) in [5, 5.41) is 4.79. The van der Waals surface area contributed by atoms with Gasteiger partial charge in [0, 0.05) is 67.7 Å². The van der Waals surface area contributed by atoms with Crippen LogP contribution in [0.4, 0.5) is 62.6 Å². The number of para-hydroxylation sites is 3. The van der Waals surface area contributed by atoms with Crippen molar-refractivity contribution in [2.45, 2.75) is 12.8 Å². The molecule has 4 nitrogen and oxygen atoms in total. The molecular formula is C68H52N4. The lowest BCUT2D eigenvalue weighted by Crippen LogP contribution is -2.17. The van der Waals surface area contributed by atoms with Crippen LogP contribution in [0.25, 0.3) is 32.7 Å². The highest BCUT2D eigenvalue weighted by Gasteiger charge is 2.21. The summed E-state index contributed by atoms with van der Waals surface area (Å²) in [5.74, 6) is 0. The van der Waals surface area contributed by atoms with Crippen molar-refractivity contribution in [2.75, 3.05) is 19.6 Å². The number of benzene rings is 11. The van der Waals surface area contributed by atoms with Gasteiger partial charge in [-0.1, -0.05) is 164 Å². The van der Waals surface area contributed by atoms with Crippen molar-refractivity contribution in [3.63, 3.8) is 0 Å². The van der Waals surface area contributed by atoms with Crippen molar-refractivity contribution >= 4 is 84.1 Å². The molecule has 0 atom stereocenters.